The first-order chi connectivity index (χ1) is 9.54. The first kappa shape index (κ1) is 14.2. The third-order valence-corrected chi connectivity index (χ3v) is 2.82. The second-order valence-corrected chi connectivity index (χ2v) is 4.19. The van der Waals surface area contributed by atoms with Crippen LogP contribution < -0.4 is 5.46 Å². The summed E-state index contributed by atoms with van der Waals surface area (Å²) in [5, 5.41) is 28.4. The molecule has 0 aliphatic rings. The molecule has 0 aliphatic heterocycles. The predicted molar refractivity (Wildman–Crippen MR) is 72.3 cm³/mol. The topological polar surface area (TPSA) is 108 Å². The number of aryl methyl sites for hydroxylation is 1. The van der Waals surface area contributed by atoms with Crippen molar-refractivity contribution in [3.63, 3.8) is 0 Å². The molecule has 0 unspecified atom stereocenters. The molecule has 0 spiro atoms. The summed E-state index contributed by atoms with van der Waals surface area (Å²) in [7, 11) is -1.54. The van der Waals surface area contributed by atoms with Gasteiger partial charge in [0.15, 0.2) is 5.69 Å². The van der Waals surface area contributed by atoms with Gasteiger partial charge in [-0.2, -0.15) is 10.3 Å². The molecule has 1 aromatic carbocycles. The number of hydrogen-bond acceptors (Lipinski definition) is 6. The van der Waals surface area contributed by atoms with Crippen molar-refractivity contribution in [2.24, 2.45) is 0 Å². The first-order valence-electron chi connectivity index (χ1n) is 6.09. The molecule has 0 bridgehead atoms. The lowest BCUT2D eigenvalue weighted by Gasteiger charge is -2.07. The third kappa shape index (κ3) is 2.71. The molecule has 1 heterocycles. The SMILES string of the molecule is CCOC(=O)c1n[nH]nc1-c1ccc(B(O)O)cc1C. The van der Waals surface area contributed by atoms with Gasteiger partial charge in [0.2, 0.25) is 0 Å². The molecule has 3 N–H and O–H groups in total. The molecule has 0 saturated heterocycles. The van der Waals surface area contributed by atoms with Crippen LogP contribution in [-0.4, -0.2) is 45.2 Å². The van der Waals surface area contributed by atoms with Crippen molar-refractivity contribution >= 4 is 18.6 Å². The molecule has 1 aromatic heterocycles. The Labute approximate surface area is 115 Å². The lowest BCUT2D eigenvalue weighted by atomic mass is 9.79. The van der Waals surface area contributed by atoms with E-state index in [4.69, 9.17) is 14.8 Å². The Bertz CT molecular complexity index is 627. The summed E-state index contributed by atoms with van der Waals surface area (Å²) in [6.45, 7) is 3.74. The number of nitrogens with zero attached hydrogens (tertiary/aromatic N) is 2. The zero-order valence-corrected chi connectivity index (χ0v) is 11.1. The Morgan fingerprint density at radius 2 is 2.15 bits per heavy atom. The number of carbonyl (C=O) groups is 1. The van der Waals surface area contributed by atoms with E-state index in [1.165, 1.54) is 0 Å². The minimum atomic E-state index is -1.54. The van der Waals surface area contributed by atoms with Gasteiger partial charge < -0.3 is 14.8 Å². The van der Waals surface area contributed by atoms with Crippen LogP contribution in [0, 0.1) is 6.92 Å². The standard InChI is InChI=1S/C12H14BN3O4/c1-3-20-12(17)11-10(14-16-15-11)9-5-4-8(13(18)19)6-7(9)2/h4-6,18-19H,3H2,1-2H3,(H,14,15,16). The highest BCUT2D eigenvalue weighted by Gasteiger charge is 2.21. The molecule has 0 atom stereocenters. The maximum absolute atomic E-state index is 11.8. The van der Waals surface area contributed by atoms with E-state index in [0.29, 0.717) is 16.7 Å². The summed E-state index contributed by atoms with van der Waals surface area (Å²) in [6, 6.07) is 4.82. The molecule has 0 radical (unpaired) electrons. The monoisotopic (exact) mass is 275 g/mol. The lowest BCUT2D eigenvalue weighted by molar-refractivity contribution is 0.0520. The Kier molecular flexibility index (Phi) is 4.16. The van der Waals surface area contributed by atoms with E-state index in [2.05, 4.69) is 15.4 Å². The summed E-state index contributed by atoms with van der Waals surface area (Å²) in [4.78, 5) is 11.8. The normalized spacial score (nSPS) is 10.4. The fraction of sp³-hybridized carbons (Fsp3) is 0.250. The fourth-order valence-corrected chi connectivity index (χ4v) is 1.87. The number of ether oxygens (including phenoxy) is 1. The van der Waals surface area contributed by atoms with Crippen LogP contribution >= 0.6 is 0 Å². The van der Waals surface area contributed by atoms with Crippen LogP contribution in [0.2, 0.25) is 0 Å². The Morgan fingerprint density at radius 1 is 1.40 bits per heavy atom. The Morgan fingerprint density at radius 3 is 2.75 bits per heavy atom. The van der Waals surface area contributed by atoms with E-state index in [1.54, 1.807) is 32.0 Å². The van der Waals surface area contributed by atoms with Gasteiger partial charge in [0.1, 0.15) is 5.69 Å². The molecular formula is C12H14BN3O4. The second kappa shape index (κ2) is 5.85. The molecule has 2 rings (SSSR count). The zero-order chi connectivity index (χ0) is 14.7. The maximum atomic E-state index is 11.8. The number of rotatable bonds is 4. The van der Waals surface area contributed by atoms with E-state index in [0.717, 1.165) is 5.56 Å². The van der Waals surface area contributed by atoms with E-state index in [-0.39, 0.29) is 12.3 Å². The van der Waals surface area contributed by atoms with Crippen LogP contribution in [0.1, 0.15) is 23.0 Å². The van der Waals surface area contributed by atoms with Crippen molar-refractivity contribution in [1.29, 1.82) is 0 Å². The van der Waals surface area contributed by atoms with Gasteiger partial charge >= 0.3 is 13.1 Å². The van der Waals surface area contributed by atoms with Crippen molar-refractivity contribution < 1.29 is 19.6 Å². The lowest BCUT2D eigenvalue weighted by Crippen LogP contribution is -2.29. The Balaban J connectivity index is 2.42. The third-order valence-electron chi connectivity index (χ3n) is 2.82. The van der Waals surface area contributed by atoms with Crippen LogP contribution in [0.15, 0.2) is 18.2 Å². The van der Waals surface area contributed by atoms with Gasteiger partial charge in [0.05, 0.1) is 6.61 Å². The molecule has 8 heteroatoms. The molecular weight excluding hydrogens is 261 g/mol. The average molecular weight is 275 g/mol. The van der Waals surface area contributed by atoms with E-state index in [1.807, 2.05) is 0 Å². The van der Waals surface area contributed by atoms with Crippen molar-refractivity contribution in [3.8, 4) is 11.3 Å². The van der Waals surface area contributed by atoms with Crippen molar-refractivity contribution in [2.75, 3.05) is 6.61 Å². The van der Waals surface area contributed by atoms with E-state index >= 15 is 0 Å². The van der Waals surface area contributed by atoms with Gasteiger partial charge in [0.25, 0.3) is 0 Å². The van der Waals surface area contributed by atoms with Crippen LogP contribution in [0.4, 0.5) is 0 Å². The van der Waals surface area contributed by atoms with E-state index < -0.39 is 13.1 Å². The fourth-order valence-electron chi connectivity index (χ4n) is 1.87. The molecule has 2 aromatic rings. The molecule has 0 saturated carbocycles. The summed E-state index contributed by atoms with van der Waals surface area (Å²) in [6.07, 6.45) is 0. The van der Waals surface area contributed by atoms with Crippen molar-refractivity contribution in [2.45, 2.75) is 13.8 Å². The largest absolute Gasteiger partial charge is 0.488 e. The zero-order valence-electron chi connectivity index (χ0n) is 11.1. The highest BCUT2D eigenvalue weighted by molar-refractivity contribution is 6.58. The molecule has 104 valence electrons. The minimum Gasteiger partial charge on any atom is -0.461 e. The highest BCUT2D eigenvalue weighted by Crippen LogP contribution is 2.23. The number of benzene rings is 1. The van der Waals surface area contributed by atoms with Gasteiger partial charge in [-0.15, -0.1) is 5.10 Å². The average Bonchev–Trinajstić information content (AvgIpc) is 2.87. The van der Waals surface area contributed by atoms with Crippen LogP contribution in [0.5, 0.6) is 0 Å². The van der Waals surface area contributed by atoms with Gasteiger partial charge in [0, 0.05) is 5.56 Å². The van der Waals surface area contributed by atoms with Gasteiger partial charge in [-0.25, -0.2) is 4.79 Å². The summed E-state index contributed by atoms with van der Waals surface area (Å²) in [5.41, 5.74) is 2.26. The first-order valence-corrected chi connectivity index (χ1v) is 6.09. The van der Waals surface area contributed by atoms with Crippen molar-refractivity contribution in [1.82, 2.24) is 15.4 Å². The number of hydrogen-bond donors (Lipinski definition) is 3. The minimum absolute atomic E-state index is 0.104. The number of aromatic amines is 1. The van der Waals surface area contributed by atoms with Gasteiger partial charge in [-0.1, -0.05) is 18.2 Å². The molecule has 20 heavy (non-hydrogen) atoms. The van der Waals surface area contributed by atoms with Crippen LogP contribution in [-0.2, 0) is 4.74 Å². The van der Waals surface area contributed by atoms with Gasteiger partial charge in [-0.05, 0) is 24.9 Å². The highest BCUT2D eigenvalue weighted by atomic mass is 16.5. The number of carbonyl (C=O) groups excluding carboxylic acids is 1. The summed E-state index contributed by atoms with van der Waals surface area (Å²) in [5.74, 6) is -0.554. The molecule has 7 nitrogen and oxygen atoms in total. The summed E-state index contributed by atoms with van der Waals surface area (Å²) < 4.78 is 4.91. The maximum Gasteiger partial charge on any atom is 0.488 e. The predicted octanol–water partition coefficient (Wildman–Crippen LogP) is -0.363. The Hall–Kier alpha value is -2.19. The smallest absolute Gasteiger partial charge is 0.461 e. The summed E-state index contributed by atoms with van der Waals surface area (Å²) >= 11 is 0. The number of esters is 1. The van der Waals surface area contributed by atoms with Crippen molar-refractivity contribution in [3.05, 3.63) is 29.5 Å². The number of nitrogens with one attached hydrogen (secondary N) is 1. The number of H-pyrrole nitrogens is 1. The number of aromatic nitrogens is 3. The second-order valence-electron chi connectivity index (χ2n) is 4.19. The van der Waals surface area contributed by atoms with Gasteiger partial charge in [-0.3, -0.25) is 0 Å². The van der Waals surface area contributed by atoms with Crippen LogP contribution in [0.25, 0.3) is 11.3 Å². The van der Waals surface area contributed by atoms with E-state index in [9.17, 15) is 4.79 Å². The molecule has 0 fully saturated rings. The van der Waals surface area contributed by atoms with Crippen LogP contribution in [0.3, 0.4) is 0 Å². The quantitative estimate of drug-likeness (QED) is 0.519. The molecule has 0 amide bonds. The molecule has 0 aliphatic carbocycles.